The third-order valence-electron chi connectivity index (χ3n) is 2.23. The predicted molar refractivity (Wildman–Crippen MR) is 47.7 cm³/mol. The Morgan fingerprint density at radius 3 is 2.58 bits per heavy atom. The second-order valence-corrected chi connectivity index (χ2v) is 3.15. The molecular formula is C10H16O2. The average molecular weight is 168 g/mol. The number of hydrogen-bond donors (Lipinski definition) is 1. The monoisotopic (exact) mass is 168 g/mol. The smallest absolute Gasteiger partial charge is 0.128 e. The largest absolute Gasteiger partial charge is 0.394 e. The molecule has 12 heavy (non-hydrogen) atoms. The number of rotatable bonds is 3. The molecule has 0 aromatic rings. The van der Waals surface area contributed by atoms with E-state index in [4.69, 9.17) is 9.84 Å². The van der Waals surface area contributed by atoms with Crippen LogP contribution in [0.5, 0.6) is 0 Å². The molecule has 0 heterocycles. The van der Waals surface area contributed by atoms with Gasteiger partial charge in [-0.2, -0.15) is 0 Å². The molecule has 2 nitrogen and oxygen atoms in total. The highest BCUT2D eigenvalue weighted by Gasteiger charge is 2.32. The predicted octanol–water partition coefficient (Wildman–Crippen LogP) is 1.33. The Bertz CT molecular complexity index is 182. The Kier molecular flexibility index (Phi) is 3.58. The first kappa shape index (κ1) is 9.57. The van der Waals surface area contributed by atoms with Gasteiger partial charge >= 0.3 is 0 Å². The molecule has 68 valence electrons. The van der Waals surface area contributed by atoms with Crippen LogP contribution in [0.2, 0.25) is 0 Å². The van der Waals surface area contributed by atoms with E-state index < -0.39 is 0 Å². The van der Waals surface area contributed by atoms with Crippen LogP contribution in [0, 0.1) is 11.8 Å². The first-order valence-corrected chi connectivity index (χ1v) is 4.52. The standard InChI is InChI=1S/C10H16O2/c1-2-5-10(12-9-8-11)6-3-4-7-10/h11H,3-4,6-9H2,1H3. The van der Waals surface area contributed by atoms with Crippen molar-refractivity contribution in [1.29, 1.82) is 0 Å². The van der Waals surface area contributed by atoms with Crippen LogP contribution in [-0.4, -0.2) is 23.9 Å². The van der Waals surface area contributed by atoms with Gasteiger partial charge in [0, 0.05) is 0 Å². The molecule has 1 fully saturated rings. The van der Waals surface area contributed by atoms with E-state index in [9.17, 15) is 0 Å². The minimum atomic E-state index is -0.225. The molecule has 0 saturated heterocycles. The normalized spacial score (nSPS) is 20.2. The molecule has 2 heteroatoms. The molecule has 1 N–H and O–H groups in total. The maximum Gasteiger partial charge on any atom is 0.128 e. The summed E-state index contributed by atoms with van der Waals surface area (Å²) in [5.41, 5.74) is -0.225. The van der Waals surface area contributed by atoms with E-state index in [1.807, 2.05) is 6.92 Å². The lowest BCUT2D eigenvalue weighted by molar-refractivity contribution is -0.0133. The van der Waals surface area contributed by atoms with Crippen molar-refractivity contribution in [1.82, 2.24) is 0 Å². The highest BCUT2D eigenvalue weighted by Crippen LogP contribution is 2.32. The van der Waals surface area contributed by atoms with Gasteiger partial charge in [0.15, 0.2) is 0 Å². The third kappa shape index (κ3) is 2.23. The summed E-state index contributed by atoms with van der Waals surface area (Å²) in [5, 5.41) is 8.64. The molecule has 0 aromatic carbocycles. The molecule has 0 amide bonds. The van der Waals surface area contributed by atoms with E-state index in [2.05, 4.69) is 11.8 Å². The van der Waals surface area contributed by atoms with Crippen LogP contribution in [0.4, 0.5) is 0 Å². The van der Waals surface area contributed by atoms with Crippen LogP contribution in [0.15, 0.2) is 0 Å². The van der Waals surface area contributed by atoms with E-state index >= 15 is 0 Å². The Morgan fingerprint density at radius 1 is 1.42 bits per heavy atom. The first-order chi connectivity index (χ1) is 5.83. The number of aliphatic hydroxyl groups excluding tert-OH is 1. The number of ether oxygens (including phenoxy) is 1. The van der Waals surface area contributed by atoms with Gasteiger partial charge in [0.25, 0.3) is 0 Å². The van der Waals surface area contributed by atoms with Gasteiger partial charge in [-0.05, 0) is 32.6 Å². The SMILES string of the molecule is CC#CC1(OCCO)CCCC1. The molecule has 0 bridgehead atoms. The summed E-state index contributed by atoms with van der Waals surface area (Å²) in [6, 6.07) is 0. The molecule has 1 aliphatic carbocycles. The molecule has 1 saturated carbocycles. The van der Waals surface area contributed by atoms with Crippen LogP contribution in [0.3, 0.4) is 0 Å². The zero-order valence-electron chi connectivity index (χ0n) is 7.60. The van der Waals surface area contributed by atoms with Crippen molar-refractivity contribution >= 4 is 0 Å². The van der Waals surface area contributed by atoms with Gasteiger partial charge in [-0.3, -0.25) is 0 Å². The van der Waals surface area contributed by atoms with Gasteiger partial charge in [0.1, 0.15) is 5.60 Å². The lowest BCUT2D eigenvalue weighted by Gasteiger charge is -2.22. The molecule has 0 spiro atoms. The minimum absolute atomic E-state index is 0.0904. The van der Waals surface area contributed by atoms with Crippen molar-refractivity contribution in [3.05, 3.63) is 0 Å². The summed E-state index contributed by atoms with van der Waals surface area (Å²) in [5.74, 6) is 6.01. The zero-order chi connectivity index (χ0) is 8.86. The highest BCUT2D eigenvalue weighted by atomic mass is 16.5. The molecule has 0 atom stereocenters. The summed E-state index contributed by atoms with van der Waals surface area (Å²) >= 11 is 0. The van der Waals surface area contributed by atoms with Crippen molar-refractivity contribution in [2.75, 3.05) is 13.2 Å². The van der Waals surface area contributed by atoms with Gasteiger partial charge in [-0.25, -0.2) is 0 Å². The maximum atomic E-state index is 8.64. The lowest BCUT2D eigenvalue weighted by atomic mass is 10.0. The topological polar surface area (TPSA) is 29.5 Å². The second-order valence-electron chi connectivity index (χ2n) is 3.15. The maximum absolute atomic E-state index is 8.64. The summed E-state index contributed by atoms with van der Waals surface area (Å²) < 4.78 is 5.56. The van der Waals surface area contributed by atoms with Crippen molar-refractivity contribution in [3.8, 4) is 11.8 Å². The van der Waals surface area contributed by atoms with Crippen LogP contribution in [0.1, 0.15) is 32.6 Å². The van der Waals surface area contributed by atoms with E-state index in [1.165, 1.54) is 12.8 Å². The molecule has 1 aliphatic rings. The quantitative estimate of drug-likeness (QED) is 0.644. The summed E-state index contributed by atoms with van der Waals surface area (Å²) in [6.07, 6.45) is 4.43. The van der Waals surface area contributed by atoms with Crippen molar-refractivity contribution in [2.45, 2.75) is 38.2 Å². The lowest BCUT2D eigenvalue weighted by Crippen LogP contribution is -2.28. The van der Waals surface area contributed by atoms with Crippen LogP contribution in [-0.2, 0) is 4.74 Å². The summed E-state index contributed by atoms with van der Waals surface area (Å²) in [4.78, 5) is 0. The number of hydrogen-bond acceptors (Lipinski definition) is 2. The van der Waals surface area contributed by atoms with Crippen molar-refractivity contribution in [2.24, 2.45) is 0 Å². The Labute approximate surface area is 73.9 Å². The van der Waals surface area contributed by atoms with Gasteiger partial charge in [0.2, 0.25) is 0 Å². The molecule has 0 aliphatic heterocycles. The Balaban J connectivity index is 2.51. The van der Waals surface area contributed by atoms with E-state index in [1.54, 1.807) is 0 Å². The summed E-state index contributed by atoms with van der Waals surface area (Å²) in [7, 11) is 0. The number of aliphatic hydroxyl groups is 1. The van der Waals surface area contributed by atoms with Crippen LogP contribution >= 0.6 is 0 Å². The van der Waals surface area contributed by atoms with E-state index in [-0.39, 0.29) is 12.2 Å². The van der Waals surface area contributed by atoms with E-state index in [0.717, 1.165) is 12.8 Å². The van der Waals surface area contributed by atoms with Crippen LogP contribution < -0.4 is 0 Å². The first-order valence-electron chi connectivity index (χ1n) is 4.52. The Morgan fingerprint density at radius 2 is 2.08 bits per heavy atom. The zero-order valence-corrected chi connectivity index (χ0v) is 7.60. The molecule has 0 aromatic heterocycles. The second kappa shape index (κ2) is 4.49. The molecule has 0 radical (unpaired) electrons. The van der Waals surface area contributed by atoms with Gasteiger partial charge < -0.3 is 9.84 Å². The van der Waals surface area contributed by atoms with Gasteiger partial charge in [-0.1, -0.05) is 5.92 Å². The van der Waals surface area contributed by atoms with Gasteiger partial charge in [-0.15, -0.1) is 5.92 Å². The fourth-order valence-electron chi connectivity index (χ4n) is 1.72. The third-order valence-corrected chi connectivity index (χ3v) is 2.23. The molecule has 1 rings (SSSR count). The Hall–Kier alpha value is -0.520. The minimum Gasteiger partial charge on any atom is -0.394 e. The van der Waals surface area contributed by atoms with E-state index in [0.29, 0.717) is 6.61 Å². The van der Waals surface area contributed by atoms with Crippen molar-refractivity contribution < 1.29 is 9.84 Å². The molecule has 0 unspecified atom stereocenters. The van der Waals surface area contributed by atoms with Gasteiger partial charge in [0.05, 0.1) is 13.2 Å². The summed E-state index contributed by atoms with van der Waals surface area (Å²) in [6.45, 7) is 2.34. The van der Waals surface area contributed by atoms with Crippen molar-refractivity contribution in [3.63, 3.8) is 0 Å². The molecular weight excluding hydrogens is 152 g/mol. The average Bonchev–Trinajstić information content (AvgIpc) is 2.51. The fourth-order valence-corrected chi connectivity index (χ4v) is 1.72. The van der Waals surface area contributed by atoms with Crippen LogP contribution in [0.25, 0.3) is 0 Å². The fraction of sp³-hybridized carbons (Fsp3) is 0.800. The highest BCUT2D eigenvalue weighted by molar-refractivity contribution is 5.15.